The second-order valence-corrected chi connectivity index (χ2v) is 5.44. The minimum Gasteiger partial charge on any atom is -0.384 e. The van der Waals surface area contributed by atoms with E-state index in [0.29, 0.717) is 24.2 Å². The number of nitrogens with zero attached hydrogens (tertiary/aromatic N) is 5. The molecule has 2 aromatic rings. The van der Waals surface area contributed by atoms with E-state index in [2.05, 4.69) is 15.2 Å². The molecule has 0 radical (unpaired) electrons. The van der Waals surface area contributed by atoms with Crippen LogP contribution in [0.25, 0.3) is 0 Å². The minimum absolute atomic E-state index is 0.0970. The predicted octanol–water partition coefficient (Wildman–Crippen LogP) is 0.693. The Morgan fingerprint density at radius 3 is 2.95 bits per heavy atom. The highest BCUT2D eigenvalue weighted by molar-refractivity contribution is 5.75. The Balaban J connectivity index is 1.59. The molecule has 0 atom stereocenters. The van der Waals surface area contributed by atoms with Crippen LogP contribution in [-0.2, 0) is 17.9 Å². The Bertz CT molecular complexity index is 657. The number of carbonyl (C=O) groups excluding carboxylic acids is 1. The number of nitrogen functional groups attached to an aromatic ring is 1. The number of nitrogens with two attached hydrogens (primary N) is 1. The molecule has 1 aliphatic rings. The first kappa shape index (κ1) is 13.6. The number of likely N-dealkylation sites (N-methyl/N-ethyl adjacent to an activating group) is 1. The van der Waals surface area contributed by atoms with Crippen LogP contribution < -0.4 is 5.73 Å². The summed E-state index contributed by atoms with van der Waals surface area (Å²) < 4.78 is 6.65. The fraction of sp³-hybridized carbons (Fsp3) is 0.538. The highest BCUT2D eigenvalue weighted by Crippen LogP contribution is 2.38. The lowest BCUT2D eigenvalue weighted by molar-refractivity contribution is -0.131. The number of anilines is 1. The molecule has 2 N–H and O–H groups in total. The van der Waals surface area contributed by atoms with Crippen LogP contribution in [0.1, 0.15) is 36.2 Å². The van der Waals surface area contributed by atoms with Crippen molar-refractivity contribution in [3.05, 3.63) is 23.5 Å². The molecule has 0 bridgehead atoms. The molecule has 3 rings (SSSR count). The van der Waals surface area contributed by atoms with E-state index < -0.39 is 0 Å². The number of hydrogen-bond donors (Lipinski definition) is 1. The highest BCUT2D eigenvalue weighted by Gasteiger charge is 2.29. The standard InChI is InChI=1S/C13H18N6O2/c1-8-5-10(14)19(16-8)7-12(20)18(2)6-11-15-13(17-21-11)9-3-4-9/h5,9H,3-4,6-7,14H2,1-2H3. The summed E-state index contributed by atoms with van der Waals surface area (Å²) in [7, 11) is 1.69. The average Bonchev–Trinajstić information content (AvgIpc) is 3.10. The third kappa shape index (κ3) is 3.04. The van der Waals surface area contributed by atoms with E-state index in [1.165, 1.54) is 9.58 Å². The van der Waals surface area contributed by atoms with Crippen LogP contribution in [0, 0.1) is 6.92 Å². The summed E-state index contributed by atoms with van der Waals surface area (Å²) in [6.45, 7) is 2.22. The Morgan fingerprint density at radius 2 is 2.33 bits per heavy atom. The van der Waals surface area contributed by atoms with Gasteiger partial charge in [0.2, 0.25) is 11.8 Å². The van der Waals surface area contributed by atoms with Crippen LogP contribution in [0.15, 0.2) is 10.6 Å². The second-order valence-electron chi connectivity index (χ2n) is 5.44. The number of amides is 1. The third-order valence-corrected chi connectivity index (χ3v) is 3.44. The van der Waals surface area contributed by atoms with Gasteiger partial charge in [-0.3, -0.25) is 4.79 Å². The van der Waals surface area contributed by atoms with Gasteiger partial charge in [0.25, 0.3) is 0 Å². The Labute approximate surface area is 121 Å². The zero-order valence-corrected chi connectivity index (χ0v) is 12.1. The summed E-state index contributed by atoms with van der Waals surface area (Å²) in [5, 5.41) is 8.10. The van der Waals surface area contributed by atoms with Crippen molar-refractivity contribution in [2.75, 3.05) is 12.8 Å². The molecular formula is C13H18N6O2. The summed E-state index contributed by atoms with van der Waals surface area (Å²) in [4.78, 5) is 18.0. The van der Waals surface area contributed by atoms with Crippen LogP contribution in [0.5, 0.6) is 0 Å². The van der Waals surface area contributed by atoms with E-state index >= 15 is 0 Å². The maximum absolute atomic E-state index is 12.2. The summed E-state index contributed by atoms with van der Waals surface area (Å²) in [5.41, 5.74) is 6.56. The maximum atomic E-state index is 12.2. The monoisotopic (exact) mass is 290 g/mol. The van der Waals surface area contributed by atoms with Crippen molar-refractivity contribution in [1.29, 1.82) is 0 Å². The van der Waals surface area contributed by atoms with Gasteiger partial charge in [-0.15, -0.1) is 0 Å². The van der Waals surface area contributed by atoms with Crippen molar-refractivity contribution in [3.8, 4) is 0 Å². The van der Waals surface area contributed by atoms with E-state index in [-0.39, 0.29) is 12.5 Å². The van der Waals surface area contributed by atoms with Gasteiger partial charge < -0.3 is 15.2 Å². The number of carbonyl (C=O) groups is 1. The summed E-state index contributed by atoms with van der Waals surface area (Å²) >= 11 is 0. The molecule has 0 spiro atoms. The van der Waals surface area contributed by atoms with Gasteiger partial charge in [-0.2, -0.15) is 10.1 Å². The average molecular weight is 290 g/mol. The topological polar surface area (TPSA) is 103 Å². The van der Waals surface area contributed by atoms with Gasteiger partial charge in [0.1, 0.15) is 12.4 Å². The molecule has 0 aromatic carbocycles. The smallest absolute Gasteiger partial charge is 0.246 e. The molecule has 21 heavy (non-hydrogen) atoms. The highest BCUT2D eigenvalue weighted by atomic mass is 16.5. The fourth-order valence-electron chi connectivity index (χ4n) is 2.07. The Morgan fingerprint density at radius 1 is 1.57 bits per heavy atom. The van der Waals surface area contributed by atoms with Gasteiger partial charge in [-0.1, -0.05) is 5.16 Å². The summed E-state index contributed by atoms with van der Waals surface area (Å²) in [6.07, 6.45) is 2.23. The van der Waals surface area contributed by atoms with Crippen molar-refractivity contribution in [1.82, 2.24) is 24.8 Å². The zero-order valence-electron chi connectivity index (χ0n) is 12.1. The van der Waals surface area contributed by atoms with Crippen LogP contribution in [-0.4, -0.2) is 37.8 Å². The van der Waals surface area contributed by atoms with Gasteiger partial charge in [-0.25, -0.2) is 4.68 Å². The predicted molar refractivity (Wildman–Crippen MR) is 74.1 cm³/mol. The lowest BCUT2D eigenvalue weighted by atomic mass is 10.4. The molecule has 2 heterocycles. The minimum atomic E-state index is -0.115. The van der Waals surface area contributed by atoms with Crippen LogP contribution in [0.4, 0.5) is 5.82 Å². The molecule has 0 saturated heterocycles. The lowest BCUT2D eigenvalue weighted by Gasteiger charge is -2.15. The molecule has 0 unspecified atom stereocenters. The van der Waals surface area contributed by atoms with E-state index in [0.717, 1.165) is 24.4 Å². The largest absolute Gasteiger partial charge is 0.384 e. The summed E-state index contributed by atoms with van der Waals surface area (Å²) in [6, 6.07) is 1.73. The van der Waals surface area contributed by atoms with E-state index in [1.54, 1.807) is 13.1 Å². The van der Waals surface area contributed by atoms with Gasteiger partial charge in [-0.05, 0) is 19.8 Å². The van der Waals surface area contributed by atoms with E-state index in [9.17, 15) is 4.79 Å². The van der Waals surface area contributed by atoms with E-state index in [1.807, 2.05) is 6.92 Å². The number of aryl methyl sites for hydroxylation is 1. The molecular weight excluding hydrogens is 272 g/mol. The van der Waals surface area contributed by atoms with Gasteiger partial charge in [0.05, 0.1) is 12.2 Å². The molecule has 1 aliphatic carbocycles. The molecule has 1 saturated carbocycles. The molecule has 1 amide bonds. The van der Waals surface area contributed by atoms with Crippen LogP contribution in [0.3, 0.4) is 0 Å². The molecule has 1 fully saturated rings. The van der Waals surface area contributed by atoms with Crippen LogP contribution in [0.2, 0.25) is 0 Å². The molecule has 8 nitrogen and oxygen atoms in total. The maximum Gasteiger partial charge on any atom is 0.246 e. The van der Waals surface area contributed by atoms with Crippen molar-refractivity contribution >= 4 is 11.7 Å². The molecule has 8 heteroatoms. The number of rotatable bonds is 5. The zero-order chi connectivity index (χ0) is 15.0. The number of hydrogen-bond acceptors (Lipinski definition) is 6. The molecule has 0 aliphatic heterocycles. The summed E-state index contributed by atoms with van der Waals surface area (Å²) in [5.74, 6) is 2.00. The van der Waals surface area contributed by atoms with Crippen molar-refractivity contribution < 1.29 is 9.32 Å². The second kappa shape index (κ2) is 5.19. The van der Waals surface area contributed by atoms with E-state index in [4.69, 9.17) is 10.3 Å². The first-order valence-corrected chi connectivity index (χ1v) is 6.89. The van der Waals surface area contributed by atoms with Crippen molar-refractivity contribution in [2.24, 2.45) is 0 Å². The van der Waals surface area contributed by atoms with Gasteiger partial charge in [0, 0.05) is 19.0 Å². The SMILES string of the molecule is Cc1cc(N)n(CC(=O)N(C)Cc2nc(C3CC3)no2)n1. The quantitative estimate of drug-likeness (QED) is 0.869. The molecule has 2 aromatic heterocycles. The van der Waals surface area contributed by atoms with Crippen molar-refractivity contribution in [2.45, 2.75) is 38.8 Å². The Hall–Kier alpha value is -2.38. The first-order chi connectivity index (χ1) is 10.0. The Kier molecular flexibility index (Phi) is 3.36. The normalized spacial score (nSPS) is 14.4. The van der Waals surface area contributed by atoms with Crippen LogP contribution >= 0.6 is 0 Å². The van der Waals surface area contributed by atoms with Crippen molar-refractivity contribution in [3.63, 3.8) is 0 Å². The van der Waals surface area contributed by atoms with Gasteiger partial charge >= 0.3 is 0 Å². The number of aromatic nitrogens is 4. The third-order valence-electron chi connectivity index (χ3n) is 3.44. The lowest BCUT2D eigenvalue weighted by Crippen LogP contribution is -2.30. The fourth-order valence-corrected chi connectivity index (χ4v) is 2.07. The molecule has 112 valence electrons. The van der Waals surface area contributed by atoms with Gasteiger partial charge in [0.15, 0.2) is 5.82 Å². The first-order valence-electron chi connectivity index (χ1n) is 6.89.